The Labute approximate surface area is 124 Å². The van der Waals surface area contributed by atoms with Crippen molar-refractivity contribution in [1.82, 2.24) is 4.98 Å². The number of para-hydroxylation sites is 1. The lowest BCUT2D eigenvalue weighted by atomic mass is 10.1. The second kappa shape index (κ2) is 7.59. The summed E-state index contributed by atoms with van der Waals surface area (Å²) in [5, 5.41) is 13.2. The molecule has 0 saturated carbocycles. The highest BCUT2D eigenvalue weighted by Gasteiger charge is 2.12. The molecule has 0 fully saturated rings. The SMILES string of the molecule is CCCOCCCNc1nc2ccccc2cc1C(=O)O. The first-order valence-corrected chi connectivity index (χ1v) is 7.17. The number of anilines is 1. The summed E-state index contributed by atoms with van der Waals surface area (Å²) in [6.45, 7) is 4.12. The van der Waals surface area contributed by atoms with Gasteiger partial charge in [0.05, 0.1) is 5.52 Å². The van der Waals surface area contributed by atoms with Crippen molar-refractivity contribution in [2.45, 2.75) is 19.8 Å². The highest BCUT2D eigenvalue weighted by Crippen LogP contribution is 2.20. The number of pyridine rings is 1. The van der Waals surface area contributed by atoms with Crippen LogP contribution in [0.1, 0.15) is 30.1 Å². The van der Waals surface area contributed by atoms with Gasteiger partial charge in [-0.3, -0.25) is 0 Å². The van der Waals surface area contributed by atoms with Crippen molar-refractivity contribution in [2.24, 2.45) is 0 Å². The van der Waals surface area contributed by atoms with Gasteiger partial charge in [0.15, 0.2) is 0 Å². The molecule has 0 amide bonds. The molecule has 0 aliphatic rings. The van der Waals surface area contributed by atoms with Gasteiger partial charge >= 0.3 is 5.97 Å². The van der Waals surface area contributed by atoms with Gasteiger partial charge < -0.3 is 15.2 Å². The Morgan fingerprint density at radius 1 is 1.33 bits per heavy atom. The van der Waals surface area contributed by atoms with Gasteiger partial charge in [0.25, 0.3) is 0 Å². The normalized spacial score (nSPS) is 10.7. The van der Waals surface area contributed by atoms with Crippen LogP contribution in [0.5, 0.6) is 0 Å². The summed E-state index contributed by atoms with van der Waals surface area (Å²) in [5.74, 6) is -0.560. The molecule has 1 aromatic heterocycles. The Kier molecular flexibility index (Phi) is 5.51. The van der Waals surface area contributed by atoms with E-state index in [1.54, 1.807) is 6.07 Å². The number of carboxylic acid groups (broad SMARTS) is 1. The molecule has 2 rings (SSSR count). The number of hydrogen-bond donors (Lipinski definition) is 2. The van der Waals surface area contributed by atoms with E-state index in [4.69, 9.17) is 4.74 Å². The summed E-state index contributed by atoms with van der Waals surface area (Å²) < 4.78 is 5.39. The monoisotopic (exact) mass is 288 g/mol. The van der Waals surface area contributed by atoms with Crippen LogP contribution in [0.25, 0.3) is 10.9 Å². The molecule has 21 heavy (non-hydrogen) atoms. The maximum atomic E-state index is 11.3. The van der Waals surface area contributed by atoms with E-state index in [-0.39, 0.29) is 5.56 Å². The number of nitrogens with one attached hydrogen (secondary N) is 1. The highest BCUT2D eigenvalue weighted by atomic mass is 16.5. The van der Waals surface area contributed by atoms with E-state index in [0.29, 0.717) is 19.0 Å². The molecule has 0 aliphatic heterocycles. The van der Waals surface area contributed by atoms with E-state index in [0.717, 1.165) is 30.4 Å². The largest absolute Gasteiger partial charge is 0.478 e. The molecule has 2 aromatic rings. The fraction of sp³-hybridized carbons (Fsp3) is 0.375. The Bertz CT molecular complexity index is 613. The molecular formula is C16H20N2O3. The third kappa shape index (κ3) is 4.16. The van der Waals surface area contributed by atoms with Gasteiger partial charge in [-0.25, -0.2) is 9.78 Å². The van der Waals surface area contributed by atoms with Crippen LogP contribution in [0.4, 0.5) is 5.82 Å². The molecule has 5 nitrogen and oxygen atoms in total. The lowest BCUT2D eigenvalue weighted by Gasteiger charge is -2.10. The number of fused-ring (bicyclic) bond motifs is 1. The minimum absolute atomic E-state index is 0.197. The van der Waals surface area contributed by atoms with Crippen molar-refractivity contribution >= 4 is 22.7 Å². The quantitative estimate of drug-likeness (QED) is 0.730. The molecular weight excluding hydrogens is 268 g/mol. The van der Waals surface area contributed by atoms with Crippen LogP contribution in [-0.2, 0) is 4.74 Å². The van der Waals surface area contributed by atoms with Gasteiger partial charge in [-0.15, -0.1) is 0 Å². The summed E-state index contributed by atoms with van der Waals surface area (Å²) in [7, 11) is 0. The van der Waals surface area contributed by atoms with E-state index >= 15 is 0 Å². The van der Waals surface area contributed by atoms with Crippen LogP contribution in [0.3, 0.4) is 0 Å². The Morgan fingerprint density at radius 3 is 2.90 bits per heavy atom. The van der Waals surface area contributed by atoms with Crippen LogP contribution in [0, 0.1) is 0 Å². The van der Waals surface area contributed by atoms with Crippen molar-refractivity contribution in [3.05, 3.63) is 35.9 Å². The third-order valence-corrected chi connectivity index (χ3v) is 3.06. The van der Waals surface area contributed by atoms with Crippen molar-refractivity contribution in [3.8, 4) is 0 Å². The molecule has 112 valence electrons. The molecule has 0 atom stereocenters. The van der Waals surface area contributed by atoms with E-state index in [9.17, 15) is 9.90 Å². The lowest BCUT2D eigenvalue weighted by molar-refractivity contribution is 0.0698. The number of ether oxygens (including phenoxy) is 1. The Morgan fingerprint density at radius 2 is 2.14 bits per heavy atom. The first kappa shape index (κ1) is 15.3. The smallest absolute Gasteiger partial charge is 0.339 e. The summed E-state index contributed by atoms with van der Waals surface area (Å²) in [5.41, 5.74) is 0.982. The Hall–Kier alpha value is -2.14. The summed E-state index contributed by atoms with van der Waals surface area (Å²) in [4.78, 5) is 15.7. The zero-order valence-corrected chi connectivity index (χ0v) is 12.1. The molecule has 0 spiro atoms. The number of nitrogens with zero attached hydrogens (tertiary/aromatic N) is 1. The predicted octanol–water partition coefficient (Wildman–Crippen LogP) is 3.16. The minimum atomic E-state index is -0.974. The topological polar surface area (TPSA) is 71.5 Å². The fourth-order valence-corrected chi connectivity index (χ4v) is 2.04. The number of carbonyl (C=O) groups is 1. The second-order valence-corrected chi connectivity index (χ2v) is 4.78. The van der Waals surface area contributed by atoms with Crippen LogP contribution in [0.2, 0.25) is 0 Å². The fourth-order valence-electron chi connectivity index (χ4n) is 2.04. The standard InChI is InChI=1S/C16H20N2O3/c1-2-9-21-10-5-8-17-15-13(16(19)20)11-12-6-3-4-7-14(12)18-15/h3-4,6-7,11H,2,5,8-10H2,1H3,(H,17,18)(H,19,20). The molecule has 2 N–H and O–H groups in total. The maximum absolute atomic E-state index is 11.3. The van der Waals surface area contributed by atoms with E-state index in [2.05, 4.69) is 17.2 Å². The van der Waals surface area contributed by atoms with Crippen molar-refractivity contribution in [2.75, 3.05) is 25.1 Å². The third-order valence-electron chi connectivity index (χ3n) is 3.06. The van der Waals surface area contributed by atoms with E-state index in [1.165, 1.54) is 0 Å². The van der Waals surface area contributed by atoms with Gasteiger partial charge in [0.1, 0.15) is 11.4 Å². The molecule has 1 heterocycles. The molecule has 0 bridgehead atoms. The molecule has 0 saturated heterocycles. The van der Waals surface area contributed by atoms with Crippen molar-refractivity contribution < 1.29 is 14.6 Å². The summed E-state index contributed by atoms with van der Waals surface area (Å²) in [6, 6.07) is 9.14. The maximum Gasteiger partial charge on any atom is 0.339 e. The van der Waals surface area contributed by atoms with Gasteiger partial charge in [0, 0.05) is 25.1 Å². The number of carboxylic acids is 1. The van der Waals surface area contributed by atoms with Crippen LogP contribution in [-0.4, -0.2) is 35.8 Å². The number of rotatable bonds is 8. The lowest BCUT2D eigenvalue weighted by Crippen LogP contribution is -2.11. The summed E-state index contributed by atoms with van der Waals surface area (Å²) >= 11 is 0. The van der Waals surface area contributed by atoms with Crippen molar-refractivity contribution in [1.29, 1.82) is 0 Å². The van der Waals surface area contributed by atoms with Crippen LogP contribution >= 0.6 is 0 Å². The highest BCUT2D eigenvalue weighted by molar-refractivity contribution is 5.98. The number of aromatic nitrogens is 1. The van der Waals surface area contributed by atoms with Gasteiger partial charge in [-0.1, -0.05) is 25.1 Å². The number of hydrogen-bond acceptors (Lipinski definition) is 4. The first-order valence-electron chi connectivity index (χ1n) is 7.17. The second-order valence-electron chi connectivity index (χ2n) is 4.78. The van der Waals surface area contributed by atoms with Gasteiger partial charge in [-0.2, -0.15) is 0 Å². The predicted molar refractivity (Wildman–Crippen MR) is 82.9 cm³/mol. The molecule has 1 aromatic carbocycles. The molecule has 0 aliphatic carbocycles. The average Bonchev–Trinajstić information content (AvgIpc) is 2.49. The zero-order chi connectivity index (χ0) is 15.1. The first-order chi connectivity index (χ1) is 10.2. The Balaban J connectivity index is 2.06. The minimum Gasteiger partial charge on any atom is -0.478 e. The van der Waals surface area contributed by atoms with E-state index in [1.807, 2.05) is 24.3 Å². The van der Waals surface area contributed by atoms with Crippen molar-refractivity contribution in [3.63, 3.8) is 0 Å². The average molecular weight is 288 g/mol. The number of aromatic carboxylic acids is 1. The molecule has 5 heteroatoms. The van der Waals surface area contributed by atoms with Crippen LogP contribution in [0.15, 0.2) is 30.3 Å². The van der Waals surface area contributed by atoms with E-state index < -0.39 is 5.97 Å². The van der Waals surface area contributed by atoms with Crippen LogP contribution < -0.4 is 5.32 Å². The molecule has 0 unspecified atom stereocenters. The summed E-state index contributed by atoms with van der Waals surface area (Å²) in [6.07, 6.45) is 1.82. The van der Waals surface area contributed by atoms with Gasteiger partial charge in [-0.05, 0) is 25.0 Å². The zero-order valence-electron chi connectivity index (χ0n) is 12.1. The molecule has 0 radical (unpaired) electrons. The number of benzene rings is 1. The van der Waals surface area contributed by atoms with Gasteiger partial charge in [0.2, 0.25) is 0 Å².